The molecule has 1 amide bonds. The minimum absolute atomic E-state index is 0.0397. The van der Waals surface area contributed by atoms with Crippen molar-refractivity contribution in [3.05, 3.63) is 95.1 Å². The number of ether oxygens (including phenoxy) is 3. The van der Waals surface area contributed by atoms with Crippen LogP contribution in [0.25, 0.3) is 5.69 Å². The zero-order valence-corrected chi connectivity index (χ0v) is 25.0. The third-order valence-electron chi connectivity index (χ3n) is 6.98. The predicted octanol–water partition coefficient (Wildman–Crippen LogP) is 3.77. The molecule has 0 radical (unpaired) electrons. The summed E-state index contributed by atoms with van der Waals surface area (Å²) in [5, 5.41) is 34.6. The summed E-state index contributed by atoms with van der Waals surface area (Å²) >= 11 is 1.46. The van der Waals surface area contributed by atoms with Crippen molar-refractivity contribution in [3.63, 3.8) is 0 Å². The zero-order valence-electron chi connectivity index (χ0n) is 24.2. The fraction of sp³-hybridized carbons (Fsp3) is 0.323. The van der Waals surface area contributed by atoms with E-state index in [0.717, 1.165) is 27.9 Å². The molecule has 44 heavy (non-hydrogen) atoms. The number of aromatic hydroxyl groups is 1. The largest absolute Gasteiger partial charge is 0.508 e. The molecule has 1 aliphatic heterocycles. The van der Waals surface area contributed by atoms with Crippen LogP contribution in [0.5, 0.6) is 5.75 Å². The number of hydrogen-bond acceptors (Lipinski definition) is 11. The molecule has 230 valence electrons. The Morgan fingerprint density at radius 2 is 1.70 bits per heavy atom. The van der Waals surface area contributed by atoms with Gasteiger partial charge in [0, 0.05) is 31.2 Å². The number of hydrogen-bond donors (Lipinski definition) is 3. The van der Waals surface area contributed by atoms with Gasteiger partial charge in [0.15, 0.2) is 12.4 Å². The quantitative estimate of drug-likeness (QED) is 0.166. The van der Waals surface area contributed by atoms with Gasteiger partial charge in [0.05, 0.1) is 24.5 Å². The SMILES string of the molecule is CC(=O)O[C@@H](C)C(=O)NCc1ccc([C@@H]2O[C@H](CSc3nnnn3-c3ccc(O)cc3)C[C@H](c3ccc(CO)cc3)O2)cc1. The number of aliphatic hydroxyl groups is 1. The highest BCUT2D eigenvalue weighted by molar-refractivity contribution is 7.99. The van der Waals surface area contributed by atoms with E-state index < -0.39 is 18.4 Å². The lowest BCUT2D eigenvalue weighted by molar-refractivity contribution is -0.245. The fourth-order valence-electron chi connectivity index (χ4n) is 4.64. The molecule has 12 nitrogen and oxygen atoms in total. The van der Waals surface area contributed by atoms with Crippen LogP contribution in [0.15, 0.2) is 78.0 Å². The minimum atomic E-state index is -0.875. The number of phenolic OH excluding ortho intramolecular Hbond substituents is 1. The summed E-state index contributed by atoms with van der Waals surface area (Å²) in [6, 6.07) is 21.9. The van der Waals surface area contributed by atoms with E-state index in [1.165, 1.54) is 25.6 Å². The van der Waals surface area contributed by atoms with E-state index in [1.54, 1.807) is 28.9 Å². The highest BCUT2D eigenvalue weighted by Crippen LogP contribution is 2.39. The van der Waals surface area contributed by atoms with Gasteiger partial charge < -0.3 is 29.7 Å². The molecule has 0 saturated carbocycles. The third kappa shape index (κ3) is 7.99. The van der Waals surface area contributed by atoms with Crippen LogP contribution in [-0.2, 0) is 37.0 Å². The van der Waals surface area contributed by atoms with Gasteiger partial charge in [-0.3, -0.25) is 9.59 Å². The number of aromatic nitrogens is 4. The maximum Gasteiger partial charge on any atom is 0.303 e. The van der Waals surface area contributed by atoms with Gasteiger partial charge in [-0.1, -0.05) is 60.3 Å². The van der Waals surface area contributed by atoms with Crippen LogP contribution in [0.1, 0.15) is 54.9 Å². The number of nitrogens with zero attached hydrogens (tertiary/aromatic N) is 4. The third-order valence-corrected chi connectivity index (χ3v) is 8.03. The number of phenols is 1. The zero-order chi connectivity index (χ0) is 31.1. The normalized spacial score (nSPS) is 18.8. The molecule has 0 spiro atoms. The number of carbonyl (C=O) groups excluding carboxylic acids is 2. The number of carbonyl (C=O) groups is 2. The first-order chi connectivity index (χ1) is 21.3. The van der Waals surface area contributed by atoms with Crippen molar-refractivity contribution in [2.24, 2.45) is 0 Å². The van der Waals surface area contributed by atoms with Crippen molar-refractivity contribution < 1.29 is 34.0 Å². The lowest BCUT2D eigenvalue weighted by atomic mass is 10.0. The monoisotopic (exact) mass is 619 g/mol. The smallest absolute Gasteiger partial charge is 0.303 e. The van der Waals surface area contributed by atoms with Crippen LogP contribution in [0, 0.1) is 0 Å². The van der Waals surface area contributed by atoms with E-state index in [-0.39, 0.29) is 37.0 Å². The molecule has 1 aliphatic rings. The number of rotatable bonds is 11. The van der Waals surface area contributed by atoms with Gasteiger partial charge in [0.1, 0.15) is 5.75 Å². The van der Waals surface area contributed by atoms with Crippen LogP contribution >= 0.6 is 11.8 Å². The summed E-state index contributed by atoms with van der Waals surface area (Å²) in [7, 11) is 0. The van der Waals surface area contributed by atoms with E-state index >= 15 is 0 Å². The van der Waals surface area contributed by atoms with Gasteiger partial charge in [-0.15, -0.1) is 5.10 Å². The average Bonchev–Trinajstić information content (AvgIpc) is 3.51. The summed E-state index contributed by atoms with van der Waals surface area (Å²) in [5.41, 5.74) is 4.18. The molecule has 4 aromatic rings. The molecule has 0 aliphatic carbocycles. The lowest BCUT2D eigenvalue weighted by Crippen LogP contribution is -2.35. The molecule has 13 heteroatoms. The van der Waals surface area contributed by atoms with Crippen molar-refractivity contribution in [1.82, 2.24) is 25.5 Å². The molecule has 3 N–H and O–H groups in total. The Morgan fingerprint density at radius 3 is 2.39 bits per heavy atom. The Hall–Kier alpha value is -4.30. The van der Waals surface area contributed by atoms with Crippen LogP contribution < -0.4 is 5.32 Å². The van der Waals surface area contributed by atoms with Crippen LogP contribution in [-0.4, -0.2) is 60.3 Å². The standard InChI is InChI=1S/C31H33N5O7S/c1-19(41-20(2)38)29(40)32-16-21-3-9-24(10-4-21)30-42-27(15-28(43-30)23-7-5-22(17-37)6-8-23)18-44-31-33-34-35-36(31)25-11-13-26(39)14-12-25/h3-14,19,27-28,30,37,39H,15-18H2,1-2H3,(H,32,40)/t19-,27-,28+,30+/m0/s1. The van der Waals surface area contributed by atoms with Gasteiger partial charge in [-0.25, -0.2) is 0 Å². The summed E-state index contributed by atoms with van der Waals surface area (Å²) in [6.45, 7) is 3.01. The molecule has 0 bridgehead atoms. The minimum Gasteiger partial charge on any atom is -0.508 e. The molecule has 5 rings (SSSR count). The Bertz CT molecular complexity index is 1550. The molecule has 1 fully saturated rings. The number of nitrogens with one attached hydrogen (secondary N) is 1. The Balaban J connectivity index is 1.28. The molecule has 1 saturated heterocycles. The number of thioether (sulfide) groups is 1. The Morgan fingerprint density at radius 1 is 1.02 bits per heavy atom. The van der Waals surface area contributed by atoms with E-state index in [2.05, 4.69) is 20.8 Å². The van der Waals surface area contributed by atoms with Gasteiger partial charge in [-0.2, -0.15) is 4.68 Å². The summed E-state index contributed by atoms with van der Waals surface area (Å²) in [4.78, 5) is 23.3. The highest BCUT2D eigenvalue weighted by Gasteiger charge is 2.32. The lowest BCUT2D eigenvalue weighted by Gasteiger charge is -2.36. The van der Waals surface area contributed by atoms with Crippen LogP contribution in [0.3, 0.4) is 0 Å². The topological polar surface area (TPSA) is 158 Å². The fourth-order valence-corrected chi connectivity index (χ4v) is 5.55. The van der Waals surface area contributed by atoms with Crippen molar-refractivity contribution in [2.75, 3.05) is 5.75 Å². The molecule has 2 heterocycles. The van der Waals surface area contributed by atoms with Crippen LogP contribution in [0.4, 0.5) is 0 Å². The van der Waals surface area contributed by atoms with Crippen molar-refractivity contribution in [1.29, 1.82) is 0 Å². The predicted molar refractivity (Wildman–Crippen MR) is 159 cm³/mol. The first kappa shape index (κ1) is 31.1. The first-order valence-corrected chi connectivity index (χ1v) is 15.0. The molecular formula is C31H33N5O7S. The van der Waals surface area contributed by atoms with Gasteiger partial charge in [0.25, 0.3) is 5.91 Å². The second kappa shape index (κ2) is 14.4. The van der Waals surface area contributed by atoms with Crippen LogP contribution in [0.2, 0.25) is 0 Å². The summed E-state index contributed by atoms with van der Waals surface area (Å²) in [6.07, 6.45) is -1.42. The number of aliphatic hydroxyl groups excluding tert-OH is 1. The molecule has 1 aromatic heterocycles. The number of esters is 1. The molecule has 4 atom stereocenters. The average molecular weight is 620 g/mol. The second-order valence-electron chi connectivity index (χ2n) is 10.3. The first-order valence-electron chi connectivity index (χ1n) is 14.0. The van der Waals surface area contributed by atoms with Crippen molar-refractivity contribution in [2.45, 2.75) is 63.2 Å². The second-order valence-corrected chi connectivity index (χ2v) is 11.2. The number of benzene rings is 3. The van der Waals surface area contributed by atoms with E-state index in [0.29, 0.717) is 17.3 Å². The van der Waals surface area contributed by atoms with Gasteiger partial charge >= 0.3 is 5.97 Å². The van der Waals surface area contributed by atoms with E-state index in [9.17, 15) is 19.8 Å². The number of amides is 1. The molecule has 0 unspecified atom stereocenters. The maximum atomic E-state index is 12.2. The molecule has 3 aromatic carbocycles. The van der Waals surface area contributed by atoms with Crippen molar-refractivity contribution >= 4 is 23.6 Å². The molecular weight excluding hydrogens is 586 g/mol. The number of tetrazole rings is 1. The maximum absolute atomic E-state index is 12.2. The summed E-state index contributed by atoms with van der Waals surface area (Å²) < 4.78 is 19.4. The Labute approximate surface area is 258 Å². The Kier molecular flexibility index (Phi) is 10.2. The summed E-state index contributed by atoms with van der Waals surface area (Å²) in [5.74, 6) is -0.189. The van der Waals surface area contributed by atoms with E-state index in [4.69, 9.17) is 14.2 Å². The van der Waals surface area contributed by atoms with Crippen molar-refractivity contribution in [3.8, 4) is 11.4 Å². The highest BCUT2D eigenvalue weighted by atomic mass is 32.2. The van der Waals surface area contributed by atoms with Gasteiger partial charge in [0.2, 0.25) is 5.16 Å². The van der Waals surface area contributed by atoms with Gasteiger partial charge in [-0.05, 0) is 58.3 Å². The van der Waals surface area contributed by atoms with E-state index in [1.807, 2.05) is 48.5 Å².